The van der Waals surface area contributed by atoms with E-state index in [0.29, 0.717) is 23.5 Å². The molecule has 2 aromatic rings. The zero-order chi connectivity index (χ0) is 15.9. The summed E-state index contributed by atoms with van der Waals surface area (Å²) in [5.74, 6) is 0.325. The Morgan fingerprint density at radius 2 is 2.23 bits per heavy atom. The number of ether oxygens (including phenoxy) is 1. The summed E-state index contributed by atoms with van der Waals surface area (Å²) in [7, 11) is 1.55. The number of furan rings is 1. The van der Waals surface area contributed by atoms with Gasteiger partial charge >= 0.3 is 6.03 Å². The van der Waals surface area contributed by atoms with Crippen LogP contribution in [0.2, 0.25) is 0 Å². The van der Waals surface area contributed by atoms with Gasteiger partial charge < -0.3 is 19.8 Å². The lowest BCUT2D eigenvalue weighted by Gasteiger charge is -2.16. The van der Waals surface area contributed by atoms with Crippen LogP contribution >= 0.6 is 0 Å². The van der Waals surface area contributed by atoms with Gasteiger partial charge in [-0.05, 0) is 36.2 Å². The van der Waals surface area contributed by atoms with E-state index in [1.165, 1.54) is 12.3 Å². The van der Waals surface area contributed by atoms with Gasteiger partial charge in [-0.3, -0.25) is 0 Å². The van der Waals surface area contributed by atoms with Gasteiger partial charge in [0.2, 0.25) is 0 Å². The van der Waals surface area contributed by atoms with Gasteiger partial charge in [0.25, 0.3) is 0 Å². The average Bonchev–Trinajstić information content (AvgIpc) is 3.02. The highest BCUT2D eigenvalue weighted by atomic mass is 19.1. The molecule has 0 saturated carbocycles. The minimum atomic E-state index is -0.380. The van der Waals surface area contributed by atoms with Crippen LogP contribution in [0, 0.1) is 12.7 Å². The lowest BCUT2D eigenvalue weighted by Crippen LogP contribution is -2.39. The molecule has 1 heterocycles. The van der Waals surface area contributed by atoms with Crippen LogP contribution in [0.5, 0.6) is 0 Å². The monoisotopic (exact) mass is 306 g/mol. The summed E-state index contributed by atoms with van der Waals surface area (Å²) in [5, 5.41) is 5.44. The molecule has 22 heavy (non-hydrogen) atoms. The lowest BCUT2D eigenvalue weighted by atomic mass is 10.1. The molecular weight excluding hydrogens is 287 g/mol. The van der Waals surface area contributed by atoms with Gasteiger partial charge in [-0.15, -0.1) is 0 Å². The molecule has 0 bridgehead atoms. The maximum Gasteiger partial charge on any atom is 0.315 e. The third kappa shape index (κ3) is 4.33. The Balaban J connectivity index is 1.89. The molecule has 1 aromatic carbocycles. The maximum atomic E-state index is 13.4. The first-order valence-electron chi connectivity index (χ1n) is 6.92. The van der Waals surface area contributed by atoms with Gasteiger partial charge in [-0.2, -0.15) is 0 Å². The third-order valence-corrected chi connectivity index (χ3v) is 3.21. The van der Waals surface area contributed by atoms with Crippen molar-refractivity contribution in [3.8, 4) is 0 Å². The summed E-state index contributed by atoms with van der Waals surface area (Å²) >= 11 is 0. The molecule has 0 radical (unpaired) electrons. The van der Waals surface area contributed by atoms with Gasteiger partial charge in [-0.25, -0.2) is 9.18 Å². The number of carbonyl (C=O) groups excluding carboxylic acids is 1. The molecular formula is C16H19FN2O3. The standard InChI is InChI=1S/C16H19FN2O3/c1-11-5-6-12(8-13(11)17)9-18-16(20)19-14(10-21-2)15-4-3-7-22-15/h3-8,14H,9-10H2,1-2H3,(H2,18,19,20). The van der Waals surface area contributed by atoms with Crippen molar-refractivity contribution < 1.29 is 18.3 Å². The van der Waals surface area contributed by atoms with Crippen LogP contribution < -0.4 is 10.6 Å². The quantitative estimate of drug-likeness (QED) is 0.862. The molecule has 6 heteroatoms. The summed E-state index contributed by atoms with van der Waals surface area (Å²) in [6, 6.07) is 7.62. The lowest BCUT2D eigenvalue weighted by molar-refractivity contribution is 0.157. The van der Waals surface area contributed by atoms with E-state index in [-0.39, 0.29) is 24.4 Å². The van der Waals surface area contributed by atoms with E-state index in [9.17, 15) is 9.18 Å². The minimum absolute atomic E-state index is 0.237. The Labute approximate surface area is 128 Å². The van der Waals surface area contributed by atoms with E-state index in [1.807, 2.05) is 0 Å². The predicted molar refractivity (Wildman–Crippen MR) is 79.8 cm³/mol. The average molecular weight is 306 g/mol. The predicted octanol–water partition coefficient (Wildman–Crippen LogP) is 2.91. The van der Waals surface area contributed by atoms with E-state index in [0.717, 1.165) is 0 Å². The van der Waals surface area contributed by atoms with Gasteiger partial charge in [-0.1, -0.05) is 12.1 Å². The topological polar surface area (TPSA) is 63.5 Å². The molecule has 0 aliphatic heterocycles. The number of nitrogens with one attached hydrogen (secondary N) is 2. The number of carbonyl (C=O) groups is 1. The molecule has 0 saturated heterocycles. The smallest absolute Gasteiger partial charge is 0.315 e. The number of urea groups is 1. The highest BCUT2D eigenvalue weighted by Gasteiger charge is 2.16. The van der Waals surface area contributed by atoms with Crippen molar-refractivity contribution in [2.24, 2.45) is 0 Å². The van der Waals surface area contributed by atoms with Crippen molar-refractivity contribution in [2.45, 2.75) is 19.5 Å². The Kier molecular flexibility index (Phi) is 5.55. The van der Waals surface area contributed by atoms with Crippen molar-refractivity contribution in [2.75, 3.05) is 13.7 Å². The van der Waals surface area contributed by atoms with Crippen molar-refractivity contribution in [1.29, 1.82) is 0 Å². The normalized spacial score (nSPS) is 12.0. The number of hydrogen-bond acceptors (Lipinski definition) is 3. The number of hydrogen-bond donors (Lipinski definition) is 2. The molecule has 0 aliphatic rings. The maximum absolute atomic E-state index is 13.4. The Bertz CT molecular complexity index is 614. The molecule has 1 atom stereocenters. The number of methoxy groups -OCH3 is 1. The largest absolute Gasteiger partial charge is 0.467 e. The van der Waals surface area contributed by atoms with Crippen LogP contribution in [0.1, 0.15) is 22.9 Å². The van der Waals surface area contributed by atoms with E-state index < -0.39 is 0 Å². The van der Waals surface area contributed by atoms with Crippen LogP contribution in [0.3, 0.4) is 0 Å². The fourth-order valence-electron chi connectivity index (χ4n) is 1.99. The molecule has 2 amide bonds. The first-order chi connectivity index (χ1) is 10.6. The van der Waals surface area contributed by atoms with E-state index in [4.69, 9.17) is 9.15 Å². The molecule has 0 aliphatic carbocycles. The third-order valence-electron chi connectivity index (χ3n) is 3.21. The van der Waals surface area contributed by atoms with Crippen molar-refractivity contribution in [1.82, 2.24) is 10.6 Å². The molecule has 1 unspecified atom stereocenters. The zero-order valence-electron chi connectivity index (χ0n) is 12.6. The van der Waals surface area contributed by atoms with Crippen LogP contribution in [0.4, 0.5) is 9.18 Å². The van der Waals surface area contributed by atoms with Crippen LogP contribution in [-0.4, -0.2) is 19.7 Å². The second kappa shape index (κ2) is 7.61. The number of benzene rings is 1. The summed E-state index contributed by atoms with van der Waals surface area (Å²) < 4.78 is 23.8. The molecule has 0 spiro atoms. The molecule has 0 fully saturated rings. The van der Waals surface area contributed by atoms with Crippen LogP contribution in [-0.2, 0) is 11.3 Å². The van der Waals surface area contributed by atoms with E-state index >= 15 is 0 Å². The molecule has 2 rings (SSSR count). The van der Waals surface area contributed by atoms with E-state index in [2.05, 4.69) is 10.6 Å². The van der Waals surface area contributed by atoms with Crippen molar-refractivity contribution >= 4 is 6.03 Å². The van der Waals surface area contributed by atoms with Gasteiger partial charge in [0, 0.05) is 13.7 Å². The number of aryl methyl sites for hydroxylation is 1. The highest BCUT2D eigenvalue weighted by molar-refractivity contribution is 5.74. The molecule has 5 nitrogen and oxygen atoms in total. The van der Waals surface area contributed by atoms with Crippen molar-refractivity contribution in [3.63, 3.8) is 0 Å². The van der Waals surface area contributed by atoms with Crippen LogP contribution in [0.25, 0.3) is 0 Å². The first-order valence-corrected chi connectivity index (χ1v) is 6.92. The molecule has 1 aromatic heterocycles. The van der Waals surface area contributed by atoms with Gasteiger partial charge in [0.05, 0.1) is 12.9 Å². The molecule has 2 N–H and O–H groups in total. The zero-order valence-corrected chi connectivity index (χ0v) is 12.6. The SMILES string of the molecule is COCC(NC(=O)NCc1ccc(C)c(F)c1)c1ccco1. The van der Waals surface area contributed by atoms with Gasteiger partial charge in [0.1, 0.15) is 17.6 Å². The molecule has 118 valence electrons. The Hall–Kier alpha value is -2.34. The number of amides is 2. The van der Waals surface area contributed by atoms with E-state index in [1.54, 1.807) is 38.3 Å². The second-order valence-electron chi connectivity index (χ2n) is 4.93. The second-order valence-corrected chi connectivity index (χ2v) is 4.93. The summed E-state index contributed by atoms with van der Waals surface area (Å²) in [4.78, 5) is 11.9. The fraction of sp³-hybridized carbons (Fsp3) is 0.312. The summed E-state index contributed by atoms with van der Waals surface area (Å²) in [5.41, 5.74) is 1.27. The fourth-order valence-corrected chi connectivity index (χ4v) is 1.99. The highest BCUT2D eigenvalue weighted by Crippen LogP contribution is 2.13. The summed E-state index contributed by atoms with van der Waals surface area (Å²) in [6.07, 6.45) is 1.53. The van der Waals surface area contributed by atoms with Gasteiger partial charge in [0.15, 0.2) is 0 Å². The van der Waals surface area contributed by atoms with Crippen LogP contribution in [0.15, 0.2) is 41.0 Å². The summed E-state index contributed by atoms with van der Waals surface area (Å²) in [6.45, 7) is 2.22. The first kappa shape index (κ1) is 16.0. The Morgan fingerprint density at radius 3 is 2.86 bits per heavy atom. The minimum Gasteiger partial charge on any atom is -0.467 e. The number of halogens is 1. The number of rotatable bonds is 6. The van der Waals surface area contributed by atoms with Crippen molar-refractivity contribution in [3.05, 3.63) is 59.3 Å². The Morgan fingerprint density at radius 1 is 1.41 bits per heavy atom.